The van der Waals surface area contributed by atoms with Gasteiger partial charge < -0.3 is 0 Å². The Morgan fingerprint density at radius 3 is 2.19 bits per heavy atom. The van der Waals surface area contributed by atoms with Crippen LogP contribution in [0, 0.1) is 10.1 Å². The molecule has 1 aliphatic carbocycles. The number of rotatable bonds is 2. The lowest BCUT2D eigenvalue weighted by Gasteiger charge is -2.21. The first kappa shape index (κ1) is 18.3. The minimum atomic E-state index is -0.294. The van der Waals surface area contributed by atoms with Gasteiger partial charge in [0.2, 0.25) is 0 Å². The first-order valence-corrected chi connectivity index (χ1v) is 11.1. The van der Waals surface area contributed by atoms with E-state index in [2.05, 4.69) is 56.3 Å². The van der Waals surface area contributed by atoms with E-state index in [1.807, 2.05) is 24.3 Å². The second-order valence-electron chi connectivity index (χ2n) is 8.59. The van der Waals surface area contributed by atoms with E-state index >= 15 is 0 Å². The maximum Gasteiger partial charge on any atom is 0.277 e. The van der Waals surface area contributed by atoms with Crippen molar-refractivity contribution in [2.45, 2.75) is 19.3 Å². The summed E-state index contributed by atoms with van der Waals surface area (Å²) in [6, 6.07) is 26.3. The van der Waals surface area contributed by atoms with Gasteiger partial charge in [-0.15, -0.1) is 11.3 Å². The van der Waals surface area contributed by atoms with Crippen molar-refractivity contribution in [3.63, 3.8) is 0 Å². The molecule has 0 unspecified atom stereocenters. The Balaban J connectivity index is 1.73. The molecule has 0 bridgehead atoms. The van der Waals surface area contributed by atoms with E-state index in [1.165, 1.54) is 32.3 Å². The summed E-state index contributed by atoms with van der Waals surface area (Å²) in [7, 11) is 0. The van der Waals surface area contributed by atoms with Gasteiger partial charge in [0.15, 0.2) is 0 Å². The largest absolute Gasteiger partial charge is 0.277 e. The number of fused-ring (bicyclic) bond motifs is 7. The summed E-state index contributed by atoms with van der Waals surface area (Å²) < 4.78 is 2.36. The number of thiophene rings is 1. The second kappa shape index (κ2) is 6.25. The highest BCUT2D eigenvalue weighted by Gasteiger charge is 2.36. The van der Waals surface area contributed by atoms with E-state index < -0.39 is 0 Å². The van der Waals surface area contributed by atoms with Crippen molar-refractivity contribution in [1.29, 1.82) is 0 Å². The highest BCUT2D eigenvalue weighted by Crippen LogP contribution is 2.54. The van der Waals surface area contributed by atoms with Gasteiger partial charge in [-0.2, -0.15) is 0 Å². The van der Waals surface area contributed by atoms with Gasteiger partial charge in [0.25, 0.3) is 5.69 Å². The Morgan fingerprint density at radius 1 is 0.710 bits per heavy atom. The van der Waals surface area contributed by atoms with Crippen molar-refractivity contribution in [2.24, 2.45) is 0 Å². The van der Waals surface area contributed by atoms with E-state index in [0.29, 0.717) is 5.56 Å². The molecule has 1 aliphatic rings. The Kier molecular flexibility index (Phi) is 3.69. The summed E-state index contributed by atoms with van der Waals surface area (Å²) in [6.45, 7) is 4.57. The zero-order valence-electron chi connectivity index (χ0n) is 17.2. The lowest BCUT2D eigenvalue weighted by Crippen LogP contribution is -2.14. The Bertz CT molecular complexity index is 1540. The molecule has 3 nitrogen and oxygen atoms in total. The molecule has 0 amide bonds. The van der Waals surface area contributed by atoms with Gasteiger partial charge in [0.1, 0.15) is 0 Å². The van der Waals surface area contributed by atoms with Crippen LogP contribution in [0.2, 0.25) is 0 Å². The average molecular weight is 422 g/mol. The molecule has 0 N–H and O–H groups in total. The van der Waals surface area contributed by atoms with Gasteiger partial charge in [-0.25, -0.2) is 0 Å². The lowest BCUT2D eigenvalue weighted by atomic mass is 9.82. The summed E-state index contributed by atoms with van der Waals surface area (Å²) in [5.74, 6) is 0. The minimum Gasteiger partial charge on any atom is -0.258 e. The summed E-state index contributed by atoms with van der Waals surface area (Å²) in [6.07, 6.45) is 0. The third kappa shape index (κ3) is 2.39. The molecule has 4 heteroatoms. The predicted octanol–water partition coefficient (Wildman–Crippen LogP) is 7.94. The average Bonchev–Trinajstić information content (AvgIpc) is 3.27. The fourth-order valence-electron chi connectivity index (χ4n) is 5.11. The van der Waals surface area contributed by atoms with Crippen molar-refractivity contribution >= 4 is 37.2 Å². The van der Waals surface area contributed by atoms with E-state index in [1.54, 1.807) is 23.5 Å². The maximum absolute atomic E-state index is 11.7. The van der Waals surface area contributed by atoms with Crippen LogP contribution in [-0.2, 0) is 5.41 Å². The monoisotopic (exact) mass is 421 g/mol. The van der Waals surface area contributed by atoms with Crippen LogP contribution in [0.25, 0.3) is 42.4 Å². The van der Waals surface area contributed by atoms with Crippen LogP contribution in [0.15, 0.2) is 78.9 Å². The van der Waals surface area contributed by atoms with E-state index in [-0.39, 0.29) is 16.0 Å². The summed E-state index contributed by atoms with van der Waals surface area (Å²) >= 11 is 1.75. The smallest absolute Gasteiger partial charge is 0.258 e. The van der Waals surface area contributed by atoms with Gasteiger partial charge >= 0.3 is 0 Å². The van der Waals surface area contributed by atoms with Crippen molar-refractivity contribution in [1.82, 2.24) is 0 Å². The second-order valence-corrected chi connectivity index (χ2v) is 9.61. The number of benzene rings is 4. The first-order valence-electron chi connectivity index (χ1n) is 10.3. The standard InChI is InChI=1S/C27H19NO2S/c1-27(2)21-12-5-3-9-20(21)24-22(27)15-14-19-18-11-7-10-17(25(18)31-26(19)24)16-8-4-6-13-23(16)28(29)30/h3-15H,1-2H3. The Morgan fingerprint density at radius 2 is 1.39 bits per heavy atom. The SMILES string of the molecule is CC1(C)c2ccccc2-c2c1ccc1c2sc2c(-c3ccccc3[N+](=O)[O-])cccc21. The molecule has 5 aromatic rings. The molecule has 0 saturated carbocycles. The van der Waals surface area contributed by atoms with Crippen molar-refractivity contribution in [3.8, 4) is 22.3 Å². The molecule has 0 radical (unpaired) electrons. The fourth-order valence-corrected chi connectivity index (χ4v) is 6.50. The molecule has 0 saturated heterocycles. The Labute approximate surface area is 183 Å². The zero-order chi connectivity index (χ0) is 21.3. The number of nitro groups is 1. The fraction of sp³-hybridized carbons (Fsp3) is 0.111. The molecule has 0 spiro atoms. The molecule has 1 heterocycles. The van der Waals surface area contributed by atoms with Crippen LogP contribution < -0.4 is 0 Å². The quantitative estimate of drug-likeness (QED) is 0.214. The third-order valence-electron chi connectivity index (χ3n) is 6.60. The molecule has 6 rings (SSSR count). The van der Waals surface area contributed by atoms with E-state index in [9.17, 15) is 10.1 Å². The molecule has 31 heavy (non-hydrogen) atoms. The zero-order valence-corrected chi connectivity index (χ0v) is 18.0. The van der Waals surface area contributed by atoms with Crippen LogP contribution in [0.1, 0.15) is 25.0 Å². The highest BCUT2D eigenvalue weighted by atomic mass is 32.1. The summed E-state index contributed by atoms with van der Waals surface area (Å²) in [5.41, 5.74) is 7.00. The molecule has 150 valence electrons. The molecular weight excluding hydrogens is 402 g/mol. The van der Waals surface area contributed by atoms with Crippen molar-refractivity contribution < 1.29 is 4.92 Å². The molecule has 0 atom stereocenters. The lowest BCUT2D eigenvalue weighted by molar-refractivity contribution is -0.384. The van der Waals surface area contributed by atoms with Gasteiger partial charge in [-0.3, -0.25) is 10.1 Å². The maximum atomic E-state index is 11.7. The van der Waals surface area contributed by atoms with Crippen molar-refractivity contribution in [3.05, 3.63) is 100 Å². The van der Waals surface area contributed by atoms with Crippen LogP contribution in [-0.4, -0.2) is 4.92 Å². The molecule has 0 fully saturated rings. The van der Waals surface area contributed by atoms with Crippen LogP contribution in [0.3, 0.4) is 0 Å². The first-order chi connectivity index (χ1) is 15.0. The number of nitro benzene ring substituents is 1. The summed E-state index contributed by atoms with van der Waals surface area (Å²) in [5, 5.41) is 14.0. The Hall–Kier alpha value is -3.50. The topological polar surface area (TPSA) is 43.1 Å². The molecule has 4 aromatic carbocycles. The highest BCUT2D eigenvalue weighted by molar-refractivity contribution is 7.27. The number of para-hydroxylation sites is 1. The molecule has 0 aliphatic heterocycles. The number of hydrogen-bond donors (Lipinski definition) is 0. The van der Waals surface area contributed by atoms with Crippen molar-refractivity contribution in [2.75, 3.05) is 0 Å². The van der Waals surface area contributed by atoms with Crippen LogP contribution in [0.4, 0.5) is 5.69 Å². The van der Waals surface area contributed by atoms with Gasteiger partial charge in [0.05, 0.1) is 10.5 Å². The number of hydrogen-bond acceptors (Lipinski definition) is 3. The van der Waals surface area contributed by atoms with Gasteiger partial charge in [-0.05, 0) is 22.8 Å². The third-order valence-corrected chi connectivity index (χ3v) is 7.87. The van der Waals surface area contributed by atoms with Crippen LogP contribution >= 0.6 is 11.3 Å². The minimum absolute atomic E-state index is 0.0443. The van der Waals surface area contributed by atoms with Gasteiger partial charge in [-0.1, -0.05) is 80.6 Å². The molecule has 1 aromatic heterocycles. The normalized spacial score (nSPS) is 14.0. The van der Waals surface area contributed by atoms with Gasteiger partial charge in [0, 0.05) is 42.8 Å². The molecular formula is C27H19NO2S. The van der Waals surface area contributed by atoms with E-state index in [4.69, 9.17) is 0 Å². The number of nitrogens with zero attached hydrogens (tertiary/aromatic N) is 1. The predicted molar refractivity (Wildman–Crippen MR) is 129 cm³/mol. The van der Waals surface area contributed by atoms with Crippen LogP contribution in [0.5, 0.6) is 0 Å². The summed E-state index contributed by atoms with van der Waals surface area (Å²) in [4.78, 5) is 11.4. The van der Waals surface area contributed by atoms with E-state index in [0.717, 1.165) is 15.6 Å².